The summed E-state index contributed by atoms with van der Waals surface area (Å²) in [5.74, 6) is 0. The van der Waals surface area contributed by atoms with Crippen molar-refractivity contribution in [1.29, 1.82) is 0 Å². The van der Waals surface area contributed by atoms with E-state index in [1.54, 1.807) is 0 Å². The van der Waals surface area contributed by atoms with E-state index in [-0.39, 0.29) is 5.03 Å². The fourth-order valence-corrected chi connectivity index (χ4v) is 3.37. The van der Waals surface area contributed by atoms with Crippen molar-refractivity contribution in [2.75, 3.05) is 32.7 Å². The van der Waals surface area contributed by atoms with Gasteiger partial charge in [-0.25, -0.2) is 13.4 Å². The highest BCUT2D eigenvalue weighted by Crippen LogP contribution is 2.12. The number of hydrogen-bond acceptors (Lipinski definition) is 4. The van der Waals surface area contributed by atoms with Gasteiger partial charge in [0.1, 0.15) is 0 Å². The monoisotopic (exact) mass is 288 g/mol. The van der Waals surface area contributed by atoms with Gasteiger partial charge in [-0.15, -0.1) is 0 Å². The Kier molecular flexibility index (Phi) is 6.47. The molecule has 1 rings (SSSR count). The maximum absolute atomic E-state index is 12.3. The molecule has 0 aliphatic rings. The lowest BCUT2D eigenvalue weighted by molar-refractivity contribution is 0.285. The van der Waals surface area contributed by atoms with Gasteiger partial charge in [0.05, 0.1) is 12.5 Å². The number of aromatic nitrogens is 2. The number of rotatable bonds is 9. The minimum atomic E-state index is -3.42. The third kappa shape index (κ3) is 4.29. The Labute approximate surface area is 115 Å². The van der Waals surface area contributed by atoms with Crippen LogP contribution in [0.3, 0.4) is 0 Å². The first-order valence-corrected chi connectivity index (χ1v) is 8.21. The molecule has 7 heteroatoms. The van der Waals surface area contributed by atoms with Crippen LogP contribution in [0.25, 0.3) is 0 Å². The number of nitrogens with one attached hydrogen (secondary N) is 1. The average molecular weight is 288 g/mol. The molecule has 6 nitrogen and oxygen atoms in total. The normalized spacial score (nSPS) is 12.5. The molecule has 0 amide bonds. The summed E-state index contributed by atoms with van der Waals surface area (Å²) in [6.07, 6.45) is 3.57. The van der Waals surface area contributed by atoms with Crippen LogP contribution in [-0.2, 0) is 10.0 Å². The first kappa shape index (κ1) is 16.1. The lowest BCUT2D eigenvalue weighted by Crippen LogP contribution is -2.34. The number of aromatic amines is 1. The predicted molar refractivity (Wildman–Crippen MR) is 75.4 cm³/mol. The van der Waals surface area contributed by atoms with Crippen molar-refractivity contribution in [2.45, 2.75) is 32.2 Å². The van der Waals surface area contributed by atoms with Gasteiger partial charge in [-0.2, -0.15) is 4.31 Å². The Morgan fingerprint density at radius 1 is 1.16 bits per heavy atom. The van der Waals surface area contributed by atoms with Gasteiger partial charge in [0, 0.05) is 13.1 Å². The van der Waals surface area contributed by atoms with E-state index in [4.69, 9.17) is 0 Å². The quantitative estimate of drug-likeness (QED) is 0.740. The molecule has 0 spiro atoms. The summed E-state index contributed by atoms with van der Waals surface area (Å²) in [6, 6.07) is 0. The maximum atomic E-state index is 12.3. The SMILES string of the molecule is CCN(CC)CCCN(CC)S(=O)(=O)c1cnc[nH]1. The molecule has 19 heavy (non-hydrogen) atoms. The van der Waals surface area contributed by atoms with Crippen LogP contribution in [0.4, 0.5) is 0 Å². The molecule has 1 aromatic rings. The summed E-state index contributed by atoms with van der Waals surface area (Å²) in [4.78, 5) is 8.72. The van der Waals surface area contributed by atoms with Gasteiger partial charge in [-0.3, -0.25) is 0 Å². The number of hydrogen-bond donors (Lipinski definition) is 1. The molecule has 0 unspecified atom stereocenters. The molecule has 0 aliphatic heterocycles. The van der Waals surface area contributed by atoms with E-state index in [2.05, 4.69) is 28.7 Å². The highest BCUT2D eigenvalue weighted by atomic mass is 32.2. The van der Waals surface area contributed by atoms with Crippen molar-refractivity contribution in [2.24, 2.45) is 0 Å². The lowest BCUT2D eigenvalue weighted by atomic mass is 10.3. The van der Waals surface area contributed by atoms with Crippen molar-refractivity contribution >= 4 is 10.0 Å². The first-order valence-electron chi connectivity index (χ1n) is 6.77. The van der Waals surface area contributed by atoms with E-state index >= 15 is 0 Å². The zero-order valence-electron chi connectivity index (χ0n) is 12.0. The molecular weight excluding hydrogens is 264 g/mol. The van der Waals surface area contributed by atoms with E-state index < -0.39 is 10.0 Å². The van der Waals surface area contributed by atoms with Crippen LogP contribution in [0, 0.1) is 0 Å². The van der Waals surface area contributed by atoms with Crippen molar-refractivity contribution < 1.29 is 8.42 Å². The molecule has 0 bridgehead atoms. The van der Waals surface area contributed by atoms with Crippen LogP contribution in [0.2, 0.25) is 0 Å². The molecule has 0 aromatic carbocycles. The molecule has 0 radical (unpaired) electrons. The molecule has 0 aliphatic carbocycles. The fourth-order valence-electron chi connectivity index (χ4n) is 1.98. The zero-order chi connectivity index (χ0) is 14.3. The summed E-state index contributed by atoms with van der Waals surface area (Å²) >= 11 is 0. The van der Waals surface area contributed by atoms with Gasteiger partial charge >= 0.3 is 0 Å². The zero-order valence-corrected chi connectivity index (χ0v) is 12.8. The first-order chi connectivity index (χ1) is 9.06. The van der Waals surface area contributed by atoms with E-state index in [9.17, 15) is 8.42 Å². The smallest absolute Gasteiger partial charge is 0.260 e. The summed E-state index contributed by atoms with van der Waals surface area (Å²) in [5.41, 5.74) is 0. The highest BCUT2D eigenvalue weighted by molar-refractivity contribution is 7.89. The second kappa shape index (κ2) is 7.62. The molecule has 1 N–H and O–H groups in total. The Morgan fingerprint density at radius 2 is 1.84 bits per heavy atom. The Bertz CT molecular complexity index is 440. The van der Waals surface area contributed by atoms with Gasteiger partial charge in [0.25, 0.3) is 10.0 Å². The van der Waals surface area contributed by atoms with Crippen LogP contribution in [-0.4, -0.2) is 60.3 Å². The van der Waals surface area contributed by atoms with Gasteiger partial charge in [-0.1, -0.05) is 20.8 Å². The lowest BCUT2D eigenvalue weighted by Gasteiger charge is -2.22. The van der Waals surface area contributed by atoms with Crippen LogP contribution in [0.1, 0.15) is 27.2 Å². The molecule has 0 saturated heterocycles. The van der Waals surface area contributed by atoms with E-state index in [0.717, 1.165) is 26.1 Å². The fraction of sp³-hybridized carbons (Fsp3) is 0.750. The molecule has 0 atom stereocenters. The van der Waals surface area contributed by atoms with Gasteiger partial charge in [-0.05, 0) is 26.1 Å². The van der Waals surface area contributed by atoms with Crippen LogP contribution >= 0.6 is 0 Å². The van der Waals surface area contributed by atoms with Gasteiger partial charge in [0.2, 0.25) is 0 Å². The summed E-state index contributed by atoms with van der Waals surface area (Å²) in [5, 5.41) is 0.164. The van der Waals surface area contributed by atoms with Gasteiger partial charge < -0.3 is 9.88 Å². The summed E-state index contributed by atoms with van der Waals surface area (Å²) in [7, 11) is -3.42. The highest BCUT2D eigenvalue weighted by Gasteiger charge is 2.23. The second-order valence-electron chi connectivity index (χ2n) is 4.29. The second-order valence-corrected chi connectivity index (χ2v) is 6.20. The van der Waals surface area contributed by atoms with Crippen molar-refractivity contribution in [3.05, 3.63) is 12.5 Å². The van der Waals surface area contributed by atoms with Gasteiger partial charge in [0.15, 0.2) is 5.03 Å². The molecule has 1 heterocycles. The number of imidazole rings is 1. The predicted octanol–water partition coefficient (Wildman–Crippen LogP) is 1.15. The number of sulfonamides is 1. The third-order valence-corrected chi connectivity index (χ3v) is 5.12. The number of H-pyrrole nitrogens is 1. The van der Waals surface area contributed by atoms with Crippen LogP contribution in [0.5, 0.6) is 0 Å². The average Bonchev–Trinajstić information content (AvgIpc) is 2.93. The van der Waals surface area contributed by atoms with E-state index in [1.807, 2.05) is 6.92 Å². The topological polar surface area (TPSA) is 69.3 Å². The van der Waals surface area contributed by atoms with Crippen molar-refractivity contribution in [3.8, 4) is 0 Å². The third-order valence-electron chi connectivity index (χ3n) is 3.22. The Morgan fingerprint density at radius 3 is 2.32 bits per heavy atom. The van der Waals surface area contributed by atoms with Crippen LogP contribution < -0.4 is 0 Å². The Balaban J connectivity index is 2.59. The molecular formula is C12H24N4O2S. The largest absolute Gasteiger partial charge is 0.335 e. The van der Waals surface area contributed by atoms with E-state index in [1.165, 1.54) is 16.8 Å². The minimum Gasteiger partial charge on any atom is -0.335 e. The van der Waals surface area contributed by atoms with Crippen LogP contribution in [0.15, 0.2) is 17.6 Å². The molecule has 110 valence electrons. The molecule has 0 fully saturated rings. The van der Waals surface area contributed by atoms with Crippen molar-refractivity contribution in [1.82, 2.24) is 19.2 Å². The summed E-state index contributed by atoms with van der Waals surface area (Å²) < 4.78 is 26.1. The minimum absolute atomic E-state index is 0.164. The Hall–Kier alpha value is -0.920. The molecule has 1 aromatic heterocycles. The van der Waals surface area contributed by atoms with Crippen molar-refractivity contribution in [3.63, 3.8) is 0 Å². The summed E-state index contributed by atoms with van der Waals surface area (Å²) in [6.45, 7) is 10.00. The van der Waals surface area contributed by atoms with E-state index in [0.29, 0.717) is 13.1 Å². The standard InChI is InChI=1S/C12H24N4O2S/c1-4-15(5-2)8-7-9-16(6-3)19(17,18)12-10-13-11-14-12/h10-11H,4-9H2,1-3H3,(H,13,14). The molecule has 0 saturated carbocycles. The maximum Gasteiger partial charge on any atom is 0.260 e. The number of nitrogens with zero attached hydrogens (tertiary/aromatic N) is 3.